The minimum atomic E-state index is 1.19. The lowest BCUT2D eigenvalue weighted by Crippen LogP contribution is -1.85. The Kier molecular flexibility index (Phi) is 3.99. The van der Waals surface area contributed by atoms with Crippen LogP contribution in [0.1, 0.15) is 0 Å². The maximum absolute atomic E-state index is 3.75. The highest BCUT2D eigenvalue weighted by Gasteiger charge is 2.20. The molecule has 0 aliphatic heterocycles. The number of hydrogen-bond acceptors (Lipinski definition) is 1. The van der Waals surface area contributed by atoms with Gasteiger partial charge in [-0.05, 0) is 44.6 Å². The Hall–Kier alpha value is -4.66. The molecule has 0 spiro atoms. The van der Waals surface area contributed by atoms with Gasteiger partial charge in [-0.3, -0.25) is 0 Å². The topological polar surface area (TPSA) is 15.8 Å². The molecule has 0 aliphatic rings. The zero-order valence-corrected chi connectivity index (χ0v) is 21.3. The SMILES string of the molecule is c1ccc2c(c1)cc(-c1cccc3c1sc1c3c3ccccc3c3[nH]c4ccccc4c31)c1ccccc12. The summed E-state index contributed by atoms with van der Waals surface area (Å²) in [6, 6.07) is 44.4. The molecule has 38 heavy (non-hydrogen) atoms. The minimum absolute atomic E-state index is 1.19. The Bertz CT molecular complexity index is 2400. The number of aromatic nitrogens is 1. The summed E-state index contributed by atoms with van der Waals surface area (Å²) in [6.07, 6.45) is 0. The predicted molar refractivity (Wildman–Crippen MR) is 167 cm³/mol. The van der Waals surface area contributed by atoms with Crippen molar-refractivity contribution < 1.29 is 0 Å². The summed E-state index contributed by atoms with van der Waals surface area (Å²) in [5.74, 6) is 0. The van der Waals surface area contributed by atoms with Crippen LogP contribution < -0.4 is 0 Å². The number of thiophene rings is 1. The van der Waals surface area contributed by atoms with E-state index in [-0.39, 0.29) is 0 Å². The van der Waals surface area contributed by atoms with Gasteiger partial charge in [0, 0.05) is 47.4 Å². The van der Waals surface area contributed by atoms with Gasteiger partial charge in [0.15, 0.2) is 0 Å². The van der Waals surface area contributed by atoms with Crippen molar-refractivity contribution in [2.24, 2.45) is 0 Å². The van der Waals surface area contributed by atoms with E-state index in [2.05, 4.69) is 126 Å². The summed E-state index contributed by atoms with van der Waals surface area (Å²) in [6.45, 7) is 0. The maximum atomic E-state index is 3.75. The number of aromatic amines is 1. The number of H-pyrrole nitrogens is 1. The molecule has 2 heteroatoms. The van der Waals surface area contributed by atoms with Crippen molar-refractivity contribution in [1.29, 1.82) is 0 Å². The van der Waals surface area contributed by atoms with Crippen molar-refractivity contribution in [2.45, 2.75) is 0 Å². The average molecular weight is 500 g/mol. The van der Waals surface area contributed by atoms with E-state index in [1.807, 2.05) is 11.3 Å². The van der Waals surface area contributed by atoms with Crippen molar-refractivity contribution in [3.8, 4) is 11.1 Å². The molecule has 0 radical (unpaired) electrons. The van der Waals surface area contributed by atoms with Crippen LogP contribution >= 0.6 is 11.3 Å². The van der Waals surface area contributed by atoms with E-state index in [0.29, 0.717) is 0 Å². The van der Waals surface area contributed by atoms with Crippen LogP contribution in [0, 0.1) is 0 Å². The van der Waals surface area contributed by atoms with E-state index in [0.717, 1.165) is 0 Å². The molecule has 0 atom stereocenters. The van der Waals surface area contributed by atoms with Crippen molar-refractivity contribution in [3.05, 3.63) is 121 Å². The number of benzene rings is 7. The second kappa shape index (κ2) is 7.44. The zero-order chi connectivity index (χ0) is 24.8. The first-order valence-electron chi connectivity index (χ1n) is 13.0. The Morgan fingerprint density at radius 2 is 1.08 bits per heavy atom. The van der Waals surface area contributed by atoms with Gasteiger partial charge in [-0.25, -0.2) is 0 Å². The molecule has 0 bridgehead atoms. The highest BCUT2D eigenvalue weighted by molar-refractivity contribution is 7.27. The van der Waals surface area contributed by atoms with Crippen molar-refractivity contribution in [2.75, 3.05) is 0 Å². The fourth-order valence-corrected chi connectivity index (χ4v) is 7.96. The minimum Gasteiger partial charge on any atom is -0.354 e. The molecule has 0 unspecified atom stereocenters. The Morgan fingerprint density at radius 3 is 1.95 bits per heavy atom. The smallest absolute Gasteiger partial charge is 0.0559 e. The van der Waals surface area contributed by atoms with Gasteiger partial charge in [0.05, 0.1) is 5.52 Å². The monoisotopic (exact) mass is 499 g/mol. The quantitative estimate of drug-likeness (QED) is 0.216. The second-order valence-electron chi connectivity index (χ2n) is 10.1. The highest BCUT2D eigenvalue weighted by Crippen LogP contribution is 2.49. The molecule has 7 aromatic carbocycles. The third kappa shape index (κ3) is 2.60. The van der Waals surface area contributed by atoms with Crippen molar-refractivity contribution in [3.63, 3.8) is 0 Å². The first-order chi connectivity index (χ1) is 18.9. The first kappa shape index (κ1) is 20.4. The molecule has 1 nitrogen and oxygen atoms in total. The van der Waals surface area contributed by atoms with E-state index in [1.165, 1.54) is 85.4 Å². The molecule has 1 N–H and O–H groups in total. The van der Waals surface area contributed by atoms with Crippen LogP contribution in [0.2, 0.25) is 0 Å². The molecule has 0 fully saturated rings. The molecular weight excluding hydrogens is 478 g/mol. The van der Waals surface area contributed by atoms with Crippen molar-refractivity contribution in [1.82, 2.24) is 4.98 Å². The molecule has 0 saturated heterocycles. The molecule has 2 aromatic heterocycles. The number of fused-ring (bicyclic) bond motifs is 13. The van der Waals surface area contributed by atoms with Crippen LogP contribution in [0.5, 0.6) is 0 Å². The van der Waals surface area contributed by atoms with Gasteiger partial charge in [-0.2, -0.15) is 0 Å². The van der Waals surface area contributed by atoms with Gasteiger partial charge in [0.2, 0.25) is 0 Å². The maximum Gasteiger partial charge on any atom is 0.0559 e. The van der Waals surface area contributed by atoms with Gasteiger partial charge in [0.25, 0.3) is 0 Å². The van der Waals surface area contributed by atoms with Crippen LogP contribution in [0.15, 0.2) is 121 Å². The molecule has 0 amide bonds. The van der Waals surface area contributed by atoms with E-state index in [4.69, 9.17) is 0 Å². The van der Waals surface area contributed by atoms with E-state index in [9.17, 15) is 0 Å². The third-order valence-electron chi connectivity index (χ3n) is 8.17. The fourth-order valence-electron chi connectivity index (χ4n) is 6.55. The summed E-state index contributed by atoms with van der Waals surface area (Å²) in [7, 11) is 0. The fraction of sp³-hybridized carbons (Fsp3) is 0. The van der Waals surface area contributed by atoms with Crippen LogP contribution in [0.3, 0.4) is 0 Å². The molecule has 0 aliphatic carbocycles. The summed E-state index contributed by atoms with van der Waals surface area (Å²) >= 11 is 1.94. The Morgan fingerprint density at radius 1 is 0.421 bits per heavy atom. The van der Waals surface area contributed by atoms with Gasteiger partial charge in [0.1, 0.15) is 0 Å². The lowest BCUT2D eigenvalue weighted by atomic mass is 9.92. The number of nitrogens with one attached hydrogen (secondary N) is 1. The summed E-state index contributed by atoms with van der Waals surface area (Å²) < 4.78 is 2.72. The van der Waals surface area contributed by atoms with E-state index in [1.54, 1.807) is 0 Å². The number of para-hydroxylation sites is 1. The molecule has 176 valence electrons. The summed E-state index contributed by atoms with van der Waals surface area (Å²) in [4.78, 5) is 3.75. The van der Waals surface area contributed by atoms with E-state index < -0.39 is 0 Å². The number of hydrogen-bond donors (Lipinski definition) is 1. The lowest BCUT2D eigenvalue weighted by Gasteiger charge is -2.12. The molecule has 9 aromatic rings. The molecule has 9 rings (SSSR count). The van der Waals surface area contributed by atoms with Crippen LogP contribution in [0.4, 0.5) is 0 Å². The van der Waals surface area contributed by atoms with Crippen LogP contribution in [-0.4, -0.2) is 4.98 Å². The van der Waals surface area contributed by atoms with Gasteiger partial charge in [-0.1, -0.05) is 109 Å². The molecular formula is C36H21NS. The van der Waals surface area contributed by atoms with E-state index >= 15 is 0 Å². The Labute approximate surface area is 222 Å². The van der Waals surface area contributed by atoms with Crippen LogP contribution in [0.25, 0.3) is 85.4 Å². The second-order valence-corrected chi connectivity index (χ2v) is 11.2. The van der Waals surface area contributed by atoms with Gasteiger partial charge in [-0.15, -0.1) is 11.3 Å². The first-order valence-corrected chi connectivity index (χ1v) is 13.9. The average Bonchev–Trinajstić information content (AvgIpc) is 3.56. The predicted octanol–water partition coefficient (Wildman–Crippen LogP) is 10.8. The number of rotatable bonds is 1. The van der Waals surface area contributed by atoms with Crippen LogP contribution in [-0.2, 0) is 0 Å². The third-order valence-corrected chi connectivity index (χ3v) is 9.43. The highest BCUT2D eigenvalue weighted by atomic mass is 32.1. The summed E-state index contributed by atoms with van der Waals surface area (Å²) in [5, 5.41) is 13.1. The van der Waals surface area contributed by atoms with Gasteiger partial charge < -0.3 is 4.98 Å². The Balaban J connectivity index is 1.51. The molecule has 2 heterocycles. The standard InChI is InChI=1S/C36H21NS/c1-2-11-22-21(10-1)20-30(24-13-4-3-12-23(22)24)27-17-9-18-29-32-25-14-5-6-15-26(25)34-33(36(32)38-35(27)29)28-16-7-8-19-31(28)37-34/h1-20,37H. The normalized spacial score (nSPS) is 12.2. The summed E-state index contributed by atoms with van der Waals surface area (Å²) in [5.41, 5.74) is 5.04. The van der Waals surface area contributed by atoms with Gasteiger partial charge >= 0.3 is 0 Å². The zero-order valence-electron chi connectivity index (χ0n) is 20.5. The lowest BCUT2D eigenvalue weighted by molar-refractivity contribution is 1.57. The van der Waals surface area contributed by atoms with Crippen molar-refractivity contribution >= 4 is 85.6 Å². The molecule has 0 saturated carbocycles. The largest absolute Gasteiger partial charge is 0.354 e.